The molecule has 1 aromatic carbocycles. The summed E-state index contributed by atoms with van der Waals surface area (Å²) in [6.07, 6.45) is 7.89. The molecule has 1 aliphatic carbocycles. The zero-order chi connectivity index (χ0) is 15.2. The molecule has 1 aliphatic rings. The zero-order valence-electron chi connectivity index (χ0n) is 12.9. The summed E-state index contributed by atoms with van der Waals surface area (Å²) in [4.78, 5) is 12.1. The van der Waals surface area contributed by atoms with Crippen LogP contribution in [0.15, 0.2) is 34.7 Å². The van der Waals surface area contributed by atoms with Crippen LogP contribution in [0.4, 0.5) is 0 Å². The lowest BCUT2D eigenvalue weighted by molar-refractivity contribution is 0.0928. The molecule has 0 spiro atoms. The van der Waals surface area contributed by atoms with Crippen LogP contribution >= 0.6 is 0 Å². The number of carbonyl (C=O) groups excluding carboxylic acids is 1. The predicted molar refractivity (Wildman–Crippen MR) is 88.0 cm³/mol. The minimum atomic E-state index is -0.140. The fraction of sp³-hybridized carbons (Fsp3) is 0.500. The molecule has 2 aromatic rings. The van der Waals surface area contributed by atoms with Gasteiger partial charge in [0.15, 0.2) is 5.76 Å². The third kappa shape index (κ3) is 3.89. The van der Waals surface area contributed by atoms with E-state index in [4.69, 9.17) is 4.42 Å². The van der Waals surface area contributed by atoms with Crippen LogP contribution in [0.25, 0.3) is 11.0 Å². The van der Waals surface area contributed by atoms with Crippen molar-refractivity contribution in [2.24, 2.45) is 0 Å². The highest BCUT2D eigenvalue weighted by atomic mass is 16.3. The predicted octanol–water partition coefficient (Wildman–Crippen LogP) is 3.48. The SMILES string of the molecule is O=C(NCCNC1CCCCCC1)c1cc2ccccc2o1. The zero-order valence-corrected chi connectivity index (χ0v) is 12.9. The highest BCUT2D eigenvalue weighted by Gasteiger charge is 2.13. The number of amides is 1. The van der Waals surface area contributed by atoms with Crippen LogP contribution in [-0.4, -0.2) is 25.0 Å². The molecule has 0 unspecified atom stereocenters. The van der Waals surface area contributed by atoms with Gasteiger partial charge in [0.1, 0.15) is 5.58 Å². The van der Waals surface area contributed by atoms with Gasteiger partial charge in [-0.15, -0.1) is 0 Å². The average Bonchev–Trinajstić information content (AvgIpc) is 2.81. The second-order valence-corrected chi connectivity index (χ2v) is 6.05. The minimum Gasteiger partial charge on any atom is -0.451 e. The number of fused-ring (bicyclic) bond motifs is 1. The number of hydrogen-bond acceptors (Lipinski definition) is 3. The lowest BCUT2D eigenvalue weighted by Gasteiger charge is -2.16. The van der Waals surface area contributed by atoms with E-state index in [1.54, 1.807) is 6.07 Å². The summed E-state index contributed by atoms with van der Waals surface area (Å²) >= 11 is 0. The maximum Gasteiger partial charge on any atom is 0.287 e. The molecule has 0 aliphatic heterocycles. The Bertz CT molecular complexity index is 579. The van der Waals surface area contributed by atoms with E-state index in [0.29, 0.717) is 18.3 Å². The summed E-state index contributed by atoms with van der Waals surface area (Å²) in [5.74, 6) is 0.245. The van der Waals surface area contributed by atoms with Gasteiger partial charge in [0.2, 0.25) is 0 Å². The maximum atomic E-state index is 12.1. The van der Waals surface area contributed by atoms with E-state index in [0.717, 1.165) is 17.5 Å². The van der Waals surface area contributed by atoms with Gasteiger partial charge in [-0.3, -0.25) is 4.79 Å². The van der Waals surface area contributed by atoms with Crippen LogP contribution in [0, 0.1) is 0 Å². The molecule has 1 saturated carbocycles. The summed E-state index contributed by atoms with van der Waals surface area (Å²) < 4.78 is 5.56. The Labute approximate surface area is 131 Å². The Hall–Kier alpha value is -1.81. The second kappa shape index (κ2) is 7.45. The molecule has 4 nitrogen and oxygen atoms in total. The third-order valence-electron chi connectivity index (χ3n) is 4.35. The van der Waals surface area contributed by atoms with Crippen molar-refractivity contribution >= 4 is 16.9 Å². The van der Waals surface area contributed by atoms with E-state index in [2.05, 4.69) is 10.6 Å². The summed E-state index contributed by atoms with van der Waals surface area (Å²) in [6.45, 7) is 1.45. The van der Waals surface area contributed by atoms with Crippen LogP contribution in [-0.2, 0) is 0 Å². The molecule has 1 heterocycles. The molecular formula is C18H24N2O2. The lowest BCUT2D eigenvalue weighted by atomic mass is 10.1. The molecule has 1 amide bonds. The summed E-state index contributed by atoms with van der Waals surface area (Å²) in [5, 5.41) is 7.43. The number of rotatable bonds is 5. The molecule has 118 valence electrons. The lowest BCUT2D eigenvalue weighted by Crippen LogP contribution is -2.36. The van der Waals surface area contributed by atoms with Gasteiger partial charge in [-0.2, -0.15) is 0 Å². The molecule has 2 N–H and O–H groups in total. The fourth-order valence-electron chi connectivity index (χ4n) is 3.12. The highest BCUT2D eigenvalue weighted by molar-refractivity contribution is 5.96. The van der Waals surface area contributed by atoms with Crippen molar-refractivity contribution in [2.75, 3.05) is 13.1 Å². The molecule has 0 radical (unpaired) electrons. The summed E-state index contributed by atoms with van der Waals surface area (Å²) in [6, 6.07) is 10.1. The summed E-state index contributed by atoms with van der Waals surface area (Å²) in [7, 11) is 0. The Balaban J connectivity index is 1.44. The first-order valence-electron chi connectivity index (χ1n) is 8.33. The van der Waals surface area contributed by atoms with Crippen molar-refractivity contribution < 1.29 is 9.21 Å². The van der Waals surface area contributed by atoms with Crippen molar-refractivity contribution in [3.63, 3.8) is 0 Å². The van der Waals surface area contributed by atoms with E-state index in [1.807, 2.05) is 24.3 Å². The van der Waals surface area contributed by atoms with Crippen molar-refractivity contribution in [3.05, 3.63) is 36.1 Å². The van der Waals surface area contributed by atoms with E-state index in [-0.39, 0.29) is 5.91 Å². The quantitative estimate of drug-likeness (QED) is 0.656. The maximum absolute atomic E-state index is 12.1. The third-order valence-corrected chi connectivity index (χ3v) is 4.35. The van der Waals surface area contributed by atoms with E-state index >= 15 is 0 Å². The molecule has 0 saturated heterocycles. The normalized spacial score (nSPS) is 16.5. The van der Waals surface area contributed by atoms with Crippen LogP contribution in [0.1, 0.15) is 49.1 Å². The van der Waals surface area contributed by atoms with Crippen molar-refractivity contribution in [2.45, 2.75) is 44.6 Å². The van der Waals surface area contributed by atoms with Gasteiger partial charge < -0.3 is 15.1 Å². The molecule has 3 rings (SSSR count). The molecule has 1 fully saturated rings. The molecule has 1 aromatic heterocycles. The number of benzene rings is 1. The van der Waals surface area contributed by atoms with Crippen LogP contribution in [0.3, 0.4) is 0 Å². The molecule has 0 atom stereocenters. The van der Waals surface area contributed by atoms with Gasteiger partial charge in [0.25, 0.3) is 5.91 Å². The standard InChI is InChI=1S/C18H24N2O2/c21-18(17-13-14-7-5-6-10-16(14)22-17)20-12-11-19-15-8-3-1-2-4-9-15/h5-7,10,13,15,19H,1-4,8-9,11-12H2,(H,20,21). The topological polar surface area (TPSA) is 54.3 Å². The second-order valence-electron chi connectivity index (χ2n) is 6.05. The molecular weight excluding hydrogens is 276 g/mol. The Kier molecular flexibility index (Phi) is 5.11. The van der Waals surface area contributed by atoms with Crippen LogP contribution < -0.4 is 10.6 Å². The average molecular weight is 300 g/mol. The van der Waals surface area contributed by atoms with E-state index < -0.39 is 0 Å². The van der Waals surface area contributed by atoms with Gasteiger partial charge in [-0.25, -0.2) is 0 Å². The van der Waals surface area contributed by atoms with E-state index in [1.165, 1.54) is 38.5 Å². The number of hydrogen-bond donors (Lipinski definition) is 2. The first-order valence-corrected chi connectivity index (χ1v) is 8.33. The summed E-state index contributed by atoms with van der Waals surface area (Å²) in [5.41, 5.74) is 0.754. The smallest absolute Gasteiger partial charge is 0.287 e. The van der Waals surface area contributed by atoms with Gasteiger partial charge >= 0.3 is 0 Å². The molecule has 4 heteroatoms. The van der Waals surface area contributed by atoms with Gasteiger partial charge in [0.05, 0.1) is 0 Å². The largest absolute Gasteiger partial charge is 0.451 e. The van der Waals surface area contributed by atoms with E-state index in [9.17, 15) is 4.79 Å². The van der Waals surface area contributed by atoms with Gasteiger partial charge in [-0.05, 0) is 25.0 Å². The van der Waals surface area contributed by atoms with Crippen LogP contribution in [0.2, 0.25) is 0 Å². The Morgan fingerprint density at radius 3 is 2.64 bits per heavy atom. The first kappa shape index (κ1) is 15.1. The van der Waals surface area contributed by atoms with Gasteiger partial charge in [0, 0.05) is 24.5 Å². The van der Waals surface area contributed by atoms with Crippen molar-refractivity contribution in [1.29, 1.82) is 0 Å². The minimum absolute atomic E-state index is 0.140. The van der Waals surface area contributed by atoms with Crippen molar-refractivity contribution in [1.82, 2.24) is 10.6 Å². The molecule has 22 heavy (non-hydrogen) atoms. The molecule has 0 bridgehead atoms. The number of para-hydroxylation sites is 1. The number of nitrogens with one attached hydrogen (secondary N) is 2. The number of carbonyl (C=O) groups is 1. The Morgan fingerprint density at radius 1 is 1.09 bits per heavy atom. The highest BCUT2D eigenvalue weighted by Crippen LogP contribution is 2.18. The fourth-order valence-corrected chi connectivity index (χ4v) is 3.12. The van der Waals surface area contributed by atoms with Gasteiger partial charge in [-0.1, -0.05) is 43.9 Å². The van der Waals surface area contributed by atoms with Crippen molar-refractivity contribution in [3.8, 4) is 0 Å². The number of furan rings is 1. The van der Waals surface area contributed by atoms with Crippen LogP contribution in [0.5, 0.6) is 0 Å². The monoisotopic (exact) mass is 300 g/mol. The Morgan fingerprint density at radius 2 is 1.86 bits per heavy atom. The first-order chi connectivity index (χ1) is 10.8.